The van der Waals surface area contributed by atoms with Crippen molar-refractivity contribution in [1.82, 2.24) is 0 Å². The first-order valence-corrected chi connectivity index (χ1v) is 15.0. The lowest BCUT2D eigenvalue weighted by Crippen LogP contribution is -2.50. The van der Waals surface area contributed by atoms with Crippen LogP contribution in [0.15, 0.2) is 35.1 Å². The van der Waals surface area contributed by atoms with E-state index in [1.807, 2.05) is 0 Å². The van der Waals surface area contributed by atoms with Gasteiger partial charge in [0.05, 0.1) is 18.3 Å². The Labute approximate surface area is 210 Å². The molecule has 0 saturated carbocycles. The number of esters is 1. The van der Waals surface area contributed by atoms with E-state index in [4.69, 9.17) is 13.3 Å². The average Bonchev–Trinajstić information content (AvgIpc) is 2.71. The normalized spacial score (nSPS) is 23.6. The summed E-state index contributed by atoms with van der Waals surface area (Å²) in [6.07, 6.45) is 1.42. The number of halogens is 3. The van der Waals surface area contributed by atoms with Crippen LogP contribution in [0.2, 0.25) is 13.1 Å². The highest BCUT2D eigenvalue weighted by Crippen LogP contribution is 2.48. The van der Waals surface area contributed by atoms with Gasteiger partial charge in [-0.3, -0.25) is 13.8 Å². The van der Waals surface area contributed by atoms with Crippen LogP contribution in [0.25, 0.3) is 0 Å². The average molecular weight is 552 g/mol. The van der Waals surface area contributed by atoms with E-state index in [9.17, 15) is 36.0 Å². The van der Waals surface area contributed by atoms with Crippen LogP contribution in [0.1, 0.15) is 40.5 Å². The van der Waals surface area contributed by atoms with Crippen LogP contribution >= 0.6 is 0 Å². The van der Waals surface area contributed by atoms with E-state index in [-0.39, 0.29) is 36.4 Å². The molecular formula is C23H30F3O8SSi. The molecule has 0 N–H and O–H groups in total. The van der Waals surface area contributed by atoms with Crippen molar-refractivity contribution >= 4 is 36.7 Å². The van der Waals surface area contributed by atoms with Crippen molar-refractivity contribution in [2.24, 2.45) is 17.3 Å². The van der Waals surface area contributed by atoms with Gasteiger partial charge in [-0.15, -0.1) is 0 Å². The second kappa shape index (κ2) is 11.0. The Kier molecular flexibility index (Phi) is 9.17. The summed E-state index contributed by atoms with van der Waals surface area (Å²) in [6.45, 7) is 9.78. The molecule has 0 fully saturated rings. The fraction of sp³-hybridized carbons (Fsp3) is 0.609. The van der Waals surface area contributed by atoms with E-state index in [1.54, 1.807) is 40.8 Å². The molecule has 13 heteroatoms. The zero-order chi connectivity index (χ0) is 27.6. The number of allylic oxidation sites excluding steroid dienone is 4. The van der Waals surface area contributed by atoms with Crippen LogP contribution in [0.4, 0.5) is 13.2 Å². The van der Waals surface area contributed by atoms with Crippen LogP contribution in [0.3, 0.4) is 0 Å². The summed E-state index contributed by atoms with van der Waals surface area (Å²) in [7, 11) is -7.85. The summed E-state index contributed by atoms with van der Waals surface area (Å²) in [6, 6.07) is 0. The summed E-state index contributed by atoms with van der Waals surface area (Å²) in [5.74, 6) is -5.15. The lowest BCUT2D eigenvalue weighted by atomic mass is 9.65. The van der Waals surface area contributed by atoms with Crippen molar-refractivity contribution in [3.63, 3.8) is 0 Å². The molecule has 1 radical (unpaired) electrons. The van der Waals surface area contributed by atoms with Gasteiger partial charge in [-0.25, -0.2) is 4.79 Å². The summed E-state index contributed by atoms with van der Waals surface area (Å²) in [5, 5.41) is 0. The number of carbonyl (C=O) groups excluding carboxylic acids is 3. The Morgan fingerprint density at radius 3 is 2.25 bits per heavy atom. The summed E-state index contributed by atoms with van der Waals surface area (Å²) in [5.41, 5.74) is -6.80. The maximum atomic E-state index is 13.8. The maximum Gasteiger partial charge on any atom is 0.523 e. The number of hydrogen-bond acceptors (Lipinski definition) is 8. The van der Waals surface area contributed by atoms with E-state index >= 15 is 0 Å². The molecule has 0 bridgehead atoms. The molecule has 0 aromatic carbocycles. The van der Waals surface area contributed by atoms with E-state index in [2.05, 4.69) is 0 Å². The molecule has 0 spiro atoms. The topological polar surface area (TPSA) is 113 Å². The zero-order valence-corrected chi connectivity index (χ0v) is 22.7. The highest BCUT2D eigenvalue weighted by molar-refractivity contribution is 7.87. The number of hydrogen-bond donors (Lipinski definition) is 0. The summed E-state index contributed by atoms with van der Waals surface area (Å²) >= 11 is 0. The number of carbonyl (C=O) groups is 3. The van der Waals surface area contributed by atoms with Crippen molar-refractivity contribution in [3.8, 4) is 0 Å². The molecule has 0 aromatic rings. The monoisotopic (exact) mass is 551 g/mol. The Bertz CT molecular complexity index is 1100. The molecule has 201 valence electrons. The van der Waals surface area contributed by atoms with Gasteiger partial charge in [0, 0.05) is 12.0 Å². The third-order valence-electron chi connectivity index (χ3n) is 5.74. The lowest BCUT2D eigenvalue weighted by Gasteiger charge is -2.44. The van der Waals surface area contributed by atoms with Crippen LogP contribution in [0, 0.1) is 17.3 Å². The highest BCUT2D eigenvalue weighted by atomic mass is 32.2. The van der Waals surface area contributed by atoms with E-state index < -0.39 is 65.6 Å². The SMILES string of the molecule is CCOC(=O)C1=C(O[Si](C)C)[C@H](C(=O)C2=CC=CC(=O)C2)[C@@H](OS(=O)(=O)C(F)(F)F)[C@H](C(C)(C)C)C1. The third kappa shape index (κ3) is 6.74. The predicted octanol–water partition coefficient (Wildman–Crippen LogP) is 4.01. The Hall–Kier alpha value is -2.25. The first-order valence-electron chi connectivity index (χ1n) is 11.2. The Morgan fingerprint density at radius 1 is 1.17 bits per heavy atom. The van der Waals surface area contributed by atoms with Crippen molar-refractivity contribution in [1.29, 1.82) is 0 Å². The van der Waals surface area contributed by atoms with Gasteiger partial charge in [0.1, 0.15) is 11.7 Å². The van der Waals surface area contributed by atoms with Crippen molar-refractivity contribution in [3.05, 3.63) is 35.1 Å². The number of ether oxygens (including phenoxy) is 1. The summed E-state index contributed by atoms with van der Waals surface area (Å²) < 4.78 is 80.3. The molecule has 0 unspecified atom stereocenters. The quantitative estimate of drug-likeness (QED) is 0.192. The first kappa shape index (κ1) is 30.0. The van der Waals surface area contributed by atoms with Gasteiger partial charge in [0.2, 0.25) is 0 Å². The minimum absolute atomic E-state index is 0.0166. The standard InChI is InChI=1S/C23H30F3O8SSi/c1-7-32-21(29)15-12-16(22(2,3)4)20(33-35(30,31)23(24,25)26)17(19(15)34-36(5)6)18(28)13-9-8-10-14(27)11-13/h8-10,16-17,20H,7,11-12H2,1-6H3/t16-,17+,20+/m1/s1. The van der Waals surface area contributed by atoms with Gasteiger partial charge in [-0.1, -0.05) is 32.9 Å². The van der Waals surface area contributed by atoms with Gasteiger partial charge < -0.3 is 9.16 Å². The number of alkyl halides is 3. The van der Waals surface area contributed by atoms with E-state index in [1.165, 1.54) is 18.2 Å². The zero-order valence-electron chi connectivity index (χ0n) is 20.9. The molecule has 0 saturated heterocycles. The fourth-order valence-electron chi connectivity index (χ4n) is 4.09. The van der Waals surface area contributed by atoms with Crippen molar-refractivity contribution < 1.29 is 49.3 Å². The Morgan fingerprint density at radius 2 is 1.78 bits per heavy atom. The van der Waals surface area contributed by atoms with Gasteiger partial charge in [-0.05, 0) is 43.8 Å². The molecule has 2 aliphatic rings. The lowest BCUT2D eigenvalue weighted by molar-refractivity contribution is -0.140. The highest BCUT2D eigenvalue weighted by Gasteiger charge is 2.56. The van der Waals surface area contributed by atoms with Gasteiger partial charge in [0.25, 0.3) is 9.04 Å². The largest absolute Gasteiger partial charge is 0.545 e. The van der Waals surface area contributed by atoms with Gasteiger partial charge in [0.15, 0.2) is 11.6 Å². The van der Waals surface area contributed by atoms with Crippen molar-refractivity contribution in [2.75, 3.05) is 6.61 Å². The van der Waals surface area contributed by atoms with Crippen molar-refractivity contribution in [2.45, 2.75) is 65.2 Å². The van der Waals surface area contributed by atoms with E-state index in [0.717, 1.165) is 0 Å². The molecule has 36 heavy (non-hydrogen) atoms. The first-order chi connectivity index (χ1) is 16.4. The molecule has 0 aliphatic heterocycles. The molecular weight excluding hydrogens is 521 g/mol. The third-order valence-corrected chi connectivity index (χ3v) is 7.41. The number of Topliss-reactive ketones (excluding diaryl/α,β-unsaturated/α-hetero) is 1. The number of ketones is 2. The molecule has 8 nitrogen and oxygen atoms in total. The minimum atomic E-state index is -6.14. The fourth-order valence-corrected chi connectivity index (χ4v) is 5.43. The maximum absolute atomic E-state index is 13.8. The molecule has 3 atom stereocenters. The molecule has 2 aliphatic carbocycles. The smallest absolute Gasteiger partial charge is 0.523 e. The predicted molar refractivity (Wildman–Crippen MR) is 125 cm³/mol. The summed E-state index contributed by atoms with van der Waals surface area (Å²) in [4.78, 5) is 38.7. The minimum Gasteiger partial charge on any atom is -0.545 e. The van der Waals surface area contributed by atoms with Crippen LogP contribution in [-0.4, -0.2) is 53.2 Å². The molecule has 0 heterocycles. The van der Waals surface area contributed by atoms with E-state index in [0.29, 0.717) is 0 Å². The second-order valence-electron chi connectivity index (χ2n) is 9.75. The van der Waals surface area contributed by atoms with Gasteiger partial charge in [-0.2, -0.15) is 21.6 Å². The van der Waals surface area contributed by atoms with Gasteiger partial charge >= 0.3 is 21.6 Å². The molecule has 0 aromatic heterocycles. The number of rotatable bonds is 8. The van der Waals surface area contributed by atoms with Crippen LogP contribution < -0.4 is 0 Å². The van der Waals surface area contributed by atoms with Crippen LogP contribution in [0.5, 0.6) is 0 Å². The second-order valence-corrected chi connectivity index (χ2v) is 13.3. The van der Waals surface area contributed by atoms with Crippen LogP contribution in [-0.2, 0) is 37.8 Å². The molecule has 0 amide bonds. The molecule has 2 rings (SSSR count). The Balaban J connectivity index is 2.85.